The van der Waals surface area contributed by atoms with E-state index in [0.717, 1.165) is 16.9 Å². The highest BCUT2D eigenvalue weighted by atomic mass is 16.5. The summed E-state index contributed by atoms with van der Waals surface area (Å²) in [4.78, 5) is 18.1. The van der Waals surface area contributed by atoms with Crippen LogP contribution in [-0.2, 0) is 6.42 Å². The SMILES string of the molecule is COc1cc2c(cc1OC)C(c1ccc(C)o1)Nn1c(nc3ccccc3c1=O)C2. The van der Waals surface area contributed by atoms with Crippen molar-refractivity contribution < 1.29 is 13.9 Å². The number of nitrogens with zero attached hydrogens (tertiary/aromatic N) is 2. The Bertz CT molecular complexity index is 1320. The maximum absolute atomic E-state index is 13.3. The molecule has 0 amide bonds. The summed E-state index contributed by atoms with van der Waals surface area (Å²) < 4.78 is 18.5. The van der Waals surface area contributed by atoms with E-state index in [1.54, 1.807) is 20.3 Å². The Hall–Kier alpha value is -3.74. The zero-order valence-electron chi connectivity index (χ0n) is 16.9. The van der Waals surface area contributed by atoms with Gasteiger partial charge in [0.2, 0.25) is 0 Å². The lowest BCUT2D eigenvalue weighted by molar-refractivity contribution is 0.353. The van der Waals surface area contributed by atoms with E-state index in [4.69, 9.17) is 18.9 Å². The molecule has 3 heterocycles. The molecule has 0 bridgehead atoms. The van der Waals surface area contributed by atoms with E-state index in [-0.39, 0.29) is 5.56 Å². The summed E-state index contributed by atoms with van der Waals surface area (Å²) in [5.74, 6) is 3.36. The molecule has 1 aliphatic heterocycles. The van der Waals surface area contributed by atoms with Crippen LogP contribution >= 0.6 is 0 Å². The van der Waals surface area contributed by atoms with Gasteiger partial charge >= 0.3 is 0 Å². The van der Waals surface area contributed by atoms with Crippen LogP contribution in [0.5, 0.6) is 11.5 Å². The minimum Gasteiger partial charge on any atom is -0.493 e. The number of rotatable bonds is 3. The van der Waals surface area contributed by atoms with Gasteiger partial charge in [0.15, 0.2) is 11.5 Å². The molecule has 0 saturated heterocycles. The number of ether oxygens (including phenoxy) is 2. The molecule has 30 heavy (non-hydrogen) atoms. The lowest BCUT2D eigenvalue weighted by atomic mass is 9.96. The molecule has 2 aromatic carbocycles. The van der Waals surface area contributed by atoms with Gasteiger partial charge in [-0.25, -0.2) is 9.66 Å². The average Bonchev–Trinajstić information content (AvgIpc) is 3.12. The molecule has 1 aliphatic rings. The zero-order chi connectivity index (χ0) is 20.8. The van der Waals surface area contributed by atoms with Crippen LogP contribution in [0, 0.1) is 6.92 Å². The first-order valence-corrected chi connectivity index (χ1v) is 9.67. The maximum atomic E-state index is 13.3. The molecule has 152 valence electrons. The minimum absolute atomic E-state index is 0.143. The zero-order valence-corrected chi connectivity index (χ0v) is 16.9. The second-order valence-corrected chi connectivity index (χ2v) is 7.28. The summed E-state index contributed by atoms with van der Waals surface area (Å²) in [6.45, 7) is 1.89. The average molecular weight is 403 g/mol. The van der Waals surface area contributed by atoms with E-state index >= 15 is 0 Å². The van der Waals surface area contributed by atoms with Gasteiger partial charge in [0.25, 0.3) is 5.56 Å². The van der Waals surface area contributed by atoms with Crippen LogP contribution in [-0.4, -0.2) is 23.9 Å². The van der Waals surface area contributed by atoms with E-state index in [0.29, 0.717) is 40.4 Å². The first-order valence-electron chi connectivity index (χ1n) is 9.67. The fourth-order valence-electron chi connectivity index (χ4n) is 3.98. The number of aryl methyl sites for hydroxylation is 1. The van der Waals surface area contributed by atoms with Gasteiger partial charge in [0.05, 0.1) is 25.1 Å². The van der Waals surface area contributed by atoms with Crippen LogP contribution in [0.4, 0.5) is 0 Å². The van der Waals surface area contributed by atoms with Gasteiger partial charge in [0.1, 0.15) is 23.4 Å². The lowest BCUT2D eigenvalue weighted by Gasteiger charge is -2.20. The first-order chi connectivity index (χ1) is 14.6. The Morgan fingerprint density at radius 3 is 2.60 bits per heavy atom. The predicted octanol–water partition coefficient (Wildman–Crippen LogP) is 3.55. The van der Waals surface area contributed by atoms with Crippen LogP contribution < -0.4 is 20.5 Å². The van der Waals surface area contributed by atoms with Gasteiger partial charge in [0, 0.05) is 6.42 Å². The molecular weight excluding hydrogens is 382 g/mol. The van der Waals surface area contributed by atoms with Crippen LogP contribution in [0.2, 0.25) is 0 Å². The van der Waals surface area contributed by atoms with Crippen LogP contribution in [0.15, 0.2) is 57.7 Å². The van der Waals surface area contributed by atoms with Crippen LogP contribution in [0.1, 0.15) is 34.5 Å². The highest BCUT2D eigenvalue weighted by Crippen LogP contribution is 2.38. The van der Waals surface area contributed by atoms with Gasteiger partial charge < -0.3 is 19.3 Å². The predicted molar refractivity (Wildman–Crippen MR) is 113 cm³/mol. The van der Waals surface area contributed by atoms with Crippen molar-refractivity contribution in [3.63, 3.8) is 0 Å². The molecule has 0 saturated carbocycles. The number of aromatic nitrogens is 2. The highest BCUT2D eigenvalue weighted by molar-refractivity contribution is 5.77. The minimum atomic E-state index is -0.393. The monoisotopic (exact) mass is 403 g/mol. The van der Waals surface area contributed by atoms with Crippen molar-refractivity contribution in [1.29, 1.82) is 0 Å². The molecule has 1 atom stereocenters. The van der Waals surface area contributed by atoms with Crippen molar-refractivity contribution in [2.75, 3.05) is 19.6 Å². The molecule has 0 aliphatic carbocycles. The van der Waals surface area contributed by atoms with Crippen molar-refractivity contribution in [1.82, 2.24) is 9.66 Å². The quantitative estimate of drug-likeness (QED) is 0.564. The number of furan rings is 1. The van der Waals surface area contributed by atoms with E-state index in [9.17, 15) is 4.79 Å². The Morgan fingerprint density at radius 2 is 1.87 bits per heavy atom. The third kappa shape index (κ3) is 2.82. The highest BCUT2D eigenvalue weighted by Gasteiger charge is 2.29. The third-order valence-corrected chi connectivity index (χ3v) is 5.45. The topological polar surface area (TPSA) is 78.5 Å². The Morgan fingerprint density at radius 1 is 1.10 bits per heavy atom. The smallest absolute Gasteiger partial charge is 0.279 e. The molecule has 5 rings (SSSR count). The largest absolute Gasteiger partial charge is 0.493 e. The normalized spacial score (nSPS) is 15.1. The van der Waals surface area contributed by atoms with Gasteiger partial charge in [-0.3, -0.25) is 4.79 Å². The summed E-state index contributed by atoms with van der Waals surface area (Å²) in [6.07, 6.45) is 0.457. The molecule has 4 aromatic rings. The molecule has 0 fully saturated rings. The third-order valence-electron chi connectivity index (χ3n) is 5.45. The molecule has 7 nitrogen and oxygen atoms in total. The standard InChI is InChI=1S/C23H21N3O4/c1-13-8-9-18(30-13)22-16-12-20(29-3)19(28-2)10-14(16)11-21-24-17-7-5-4-6-15(17)23(27)26(21)25-22/h4-10,12,22,25H,11H2,1-3H3. The Kier molecular flexibility index (Phi) is 4.24. The van der Waals surface area contributed by atoms with Crippen LogP contribution in [0.25, 0.3) is 10.9 Å². The second kappa shape index (κ2) is 6.95. The molecule has 1 N–H and O–H groups in total. The van der Waals surface area contributed by atoms with Crippen molar-refractivity contribution >= 4 is 10.9 Å². The van der Waals surface area contributed by atoms with E-state index in [1.807, 2.05) is 49.4 Å². The molecule has 2 aromatic heterocycles. The first kappa shape index (κ1) is 18.3. The second-order valence-electron chi connectivity index (χ2n) is 7.28. The number of hydrogen-bond acceptors (Lipinski definition) is 6. The van der Waals surface area contributed by atoms with Gasteiger partial charge in [-0.15, -0.1) is 0 Å². The summed E-state index contributed by atoms with van der Waals surface area (Å²) in [5.41, 5.74) is 5.79. The summed E-state index contributed by atoms with van der Waals surface area (Å²) in [7, 11) is 3.21. The number of nitrogens with one attached hydrogen (secondary N) is 1. The fraction of sp³-hybridized carbons (Fsp3) is 0.217. The molecule has 0 spiro atoms. The van der Waals surface area contributed by atoms with Crippen LogP contribution in [0.3, 0.4) is 0 Å². The van der Waals surface area contributed by atoms with E-state index < -0.39 is 6.04 Å². The molecule has 0 radical (unpaired) electrons. The number of benzene rings is 2. The van der Waals surface area contributed by atoms with Gasteiger partial charge in [-0.2, -0.15) is 0 Å². The maximum Gasteiger partial charge on any atom is 0.279 e. The number of hydrogen-bond donors (Lipinski definition) is 1. The summed E-state index contributed by atoms with van der Waals surface area (Å²) >= 11 is 0. The number of methoxy groups -OCH3 is 2. The van der Waals surface area contributed by atoms with Crippen molar-refractivity contribution in [3.8, 4) is 11.5 Å². The number of para-hydroxylation sites is 1. The summed E-state index contributed by atoms with van der Waals surface area (Å²) in [6, 6.07) is 14.7. The van der Waals surface area contributed by atoms with E-state index in [2.05, 4.69) is 5.43 Å². The van der Waals surface area contributed by atoms with Gasteiger partial charge in [-0.05, 0) is 54.4 Å². The molecule has 7 heteroatoms. The Labute approximate surface area is 172 Å². The van der Waals surface area contributed by atoms with E-state index in [1.165, 1.54) is 4.68 Å². The van der Waals surface area contributed by atoms with Gasteiger partial charge in [-0.1, -0.05) is 12.1 Å². The van der Waals surface area contributed by atoms with Crippen molar-refractivity contribution in [3.05, 3.63) is 87.4 Å². The van der Waals surface area contributed by atoms with Crippen molar-refractivity contribution in [2.45, 2.75) is 19.4 Å². The number of fused-ring (bicyclic) bond motifs is 3. The lowest BCUT2D eigenvalue weighted by Crippen LogP contribution is -2.34. The fourth-order valence-corrected chi connectivity index (χ4v) is 3.98. The van der Waals surface area contributed by atoms with Crippen molar-refractivity contribution in [2.24, 2.45) is 0 Å². The summed E-state index contributed by atoms with van der Waals surface area (Å²) in [5, 5.41) is 0.559. The molecular formula is C23H21N3O4. The Balaban J connectivity index is 1.79. The molecule has 1 unspecified atom stereocenters.